The fourth-order valence-electron chi connectivity index (χ4n) is 5.50. The zero-order valence-corrected chi connectivity index (χ0v) is 31.0. The molecular formula is C45H39N3O6S. The van der Waals surface area contributed by atoms with Gasteiger partial charge in [-0.05, 0) is 77.4 Å². The summed E-state index contributed by atoms with van der Waals surface area (Å²) in [5.41, 5.74) is 3.90. The SMILES string of the molecule is COc1ccc(OC)c(NC(=O)C(Sc2cccc(NC(=O)/C(=C\c3ccc(OCc4ccccc4)cc3)NC(=O)c3ccccc3)c2)c2ccccc2)c1. The number of anilines is 2. The summed E-state index contributed by atoms with van der Waals surface area (Å²) < 4.78 is 16.8. The third kappa shape index (κ3) is 10.6. The van der Waals surface area contributed by atoms with Crippen molar-refractivity contribution in [3.8, 4) is 17.2 Å². The molecule has 0 heterocycles. The topological polar surface area (TPSA) is 115 Å². The predicted molar refractivity (Wildman–Crippen MR) is 217 cm³/mol. The number of carbonyl (C=O) groups excluding carboxylic acids is 3. The van der Waals surface area contributed by atoms with E-state index in [1.807, 2.05) is 97.1 Å². The second kappa shape index (κ2) is 18.8. The molecule has 3 N–H and O–H groups in total. The molecule has 6 rings (SSSR count). The monoisotopic (exact) mass is 749 g/mol. The molecule has 0 fully saturated rings. The molecule has 6 aromatic carbocycles. The van der Waals surface area contributed by atoms with Crippen molar-refractivity contribution in [3.05, 3.63) is 186 Å². The molecule has 0 saturated heterocycles. The highest BCUT2D eigenvalue weighted by Crippen LogP contribution is 2.38. The molecule has 10 heteroatoms. The number of nitrogens with one attached hydrogen (secondary N) is 3. The average molecular weight is 750 g/mol. The third-order valence-electron chi connectivity index (χ3n) is 8.32. The molecule has 0 aliphatic rings. The molecule has 3 amide bonds. The molecule has 0 aromatic heterocycles. The van der Waals surface area contributed by atoms with Crippen LogP contribution in [0.1, 0.15) is 32.3 Å². The highest BCUT2D eigenvalue weighted by molar-refractivity contribution is 8.00. The van der Waals surface area contributed by atoms with Crippen LogP contribution < -0.4 is 30.2 Å². The van der Waals surface area contributed by atoms with E-state index in [1.54, 1.807) is 73.8 Å². The van der Waals surface area contributed by atoms with Crippen LogP contribution >= 0.6 is 11.8 Å². The average Bonchev–Trinajstić information content (AvgIpc) is 3.23. The van der Waals surface area contributed by atoms with Crippen molar-refractivity contribution in [2.75, 3.05) is 24.9 Å². The number of hydrogen-bond acceptors (Lipinski definition) is 7. The van der Waals surface area contributed by atoms with Crippen molar-refractivity contribution < 1.29 is 28.6 Å². The van der Waals surface area contributed by atoms with Gasteiger partial charge < -0.3 is 30.2 Å². The van der Waals surface area contributed by atoms with Crippen LogP contribution in [0.5, 0.6) is 17.2 Å². The standard InChI is InChI=1S/C45H39N3O6S/c1-52-37-25-26-41(53-2)39(29-37)47-45(51)42(33-15-8-4-9-16-33)55-38-20-12-19-35(28-38)46-44(50)40(48-43(49)34-17-10-5-11-18-34)27-31-21-23-36(24-22-31)54-30-32-13-6-3-7-14-32/h3-29,42H,30H2,1-2H3,(H,46,50)(H,47,51)(H,48,49)/b40-27+. The van der Waals surface area contributed by atoms with E-state index in [0.717, 1.165) is 16.0 Å². The first-order valence-electron chi connectivity index (χ1n) is 17.4. The van der Waals surface area contributed by atoms with E-state index >= 15 is 0 Å². The Hall–Kier alpha value is -6.78. The van der Waals surface area contributed by atoms with Crippen molar-refractivity contribution in [1.29, 1.82) is 0 Å². The van der Waals surface area contributed by atoms with E-state index in [0.29, 0.717) is 46.4 Å². The Balaban J connectivity index is 1.21. The smallest absolute Gasteiger partial charge is 0.272 e. The zero-order chi connectivity index (χ0) is 38.4. The summed E-state index contributed by atoms with van der Waals surface area (Å²) in [5, 5.41) is 8.05. The van der Waals surface area contributed by atoms with E-state index in [4.69, 9.17) is 14.2 Å². The quantitative estimate of drug-likeness (QED) is 0.0709. The van der Waals surface area contributed by atoms with Crippen LogP contribution in [0, 0.1) is 0 Å². The maximum Gasteiger partial charge on any atom is 0.272 e. The minimum absolute atomic E-state index is 0.0404. The molecule has 0 spiro atoms. The Kier molecular flexibility index (Phi) is 13.0. The number of methoxy groups -OCH3 is 2. The van der Waals surface area contributed by atoms with Crippen LogP contribution in [0.25, 0.3) is 6.08 Å². The lowest BCUT2D eigenvalue weighted by molar-refractivity contribution is -0.116. The molecule has 1 unspecified atom stereocenters. The zero-order valence-electron chi connectivity index (χ0n) is 30.2. The van der Waals surface area contributed by atoms with Gasteiger partial charge in [0.2, 0.25) is 5.91 Å². The highest BCUT2D eigenvalue weighted by atomic mass is 32.2. The van der Waals surface area contributed by atoms with Crippen molar-refractivity contribution in [3.63, 3.8) is 0 Å². The summed E-state index contributed by atoms with van der Waals surface area (Å²) in [7, 11) is 3.09. The largest absolute Gasteiger partial charge is 0.497 e. The summed E-state index contributed by atoms with van der Waals surface area (Å²) in [4.78, 5) is 41.8. The molecule has 0 radical (unpaired) electrons. The lowest BCUT2D eigenvalue weighted by atomic mass is 10.1. The maximum atomic E-state index is 13.9. The van der Waals surface area contributed by atoms with E-state index in [2.05, 4.69) is 16.0 Å². The Bertz CT molecular complexity index is 2250. The van der Waals surface area contributed by atoms with Gasteiger partial charge in [0.25, 0.3) is 11.8 Å². The van der Waals surface area contributed by atoms with Crippen LogP contribution in [-0.4, -0.2) is 31.9 Å². The number of hydrogen-bond donors (Lipinski definition) is 3. The normalized spacial score (nSPS) is 11.5. The van der Waals surface area contributed by atoms with Gasteiger partial charge in [0, 0.05) is 22.2 Å². The van der Waals surface area contributed by atoms with Crippen LogP contribution in [-0.2, 0) is 16.2 Å². The molecule has 55 heavy (non-hydrogen) atoms. The highest BCUT2D eigenvalue weighted by Gasteiger charge is 2.24. The van der Waals surface area contributed by atoms with Gasteiger partial charge in [-0.15, -0.1) is 11.8 Å². The summed E-state index contributed by atoms with van der Waals surface area (Å²) in [6, 6.07) is 47.6. The minimum atomic E-state index is -0.664. The summed E-state index contributed by atoms with van der Waals surface area (Å²) in [6.45, 7) is 0.419. The van der Waals surface area contributed by atoms with E-state index in [9.17, 15) is 14.4 Å². The van der Waals surface area contributed by atoms with Crippen molar-refractivity contribution in [1.82, 2.24) is 5.32 Å². The first-order valence-corrected chi connectivity index (χ1v) is 18.3. The molecule has 0 aliphatic heterocycles. The fraction of sp³-hybridized carbons (Fsp3) is 0.0889. The molecule has 1 atom stereocenters. The number of amides is 3. The number of thioether (sulfide) groups is 1. The summed E-state index contributed by atoms with van der Waals surface area (Å²) >= 11 is 1.32. The lowest BCUT2D eigenvalue weighted by Crippen LogP contribution is -2.30. The van der Waals surface area contributed by atoms with Crippen molar-refractivity contribution in [2.24, 2.45) is 0 Å². The number of ether oxygens (including phenoxy) is 3. The first-order chi connectivity index (χ1) is 26.9. The van der Waals surface area contributed by atoms with Gasteiger partial charge in [-0.2, -0.15) is 0 Å². The van der Waals surface area contributed by atoms with Gasteiger partial charge in [0.05, 0.1) is 19.9 Å². The Morgan fingerprint density at radius 3 is 2.04 bits per heavy atom. The second-order valence-corrected chi connectivity index (χ2v) is 13.3. The van der Waals surface area contributed by atoms with Crippen molar-refractivity contribution in [2.45, 2.75) is 16.8 Å². The van der Waals surface area contributed by atoms with Gasteiger partial charge in [-0.3, -0.25) is 14.4 Å². The van der Waals surface area contributed by atoms with Gasteiger partial charge in [0.15, 0.2) is 0 Å². The Morgan fingerprint density at radius 1 is 0.673 bits per heavy atom. The summed E-state index contributed by atoms with van der Waals surface area (Å²) in [5.74, 6) is 0.493. The first kappa shape index (κ1) is 38.0. The fourth-order valence-corrected chi connectivity index (χ4v) is 6.59. The van der Waals surface area contributed by atoms with Crippen LogP contribution in [0.3, 0.4) is 0 Å². The van der Waals surface area contributed by atoms with Crippen LogP contribution in [0.2, 0.25) is 0 Å². The van der Waals surface area contributed by atoms with Crippen LogP contribution in [0.15, 0.2) is 168 Å². The van der Waals surface area contributed by atoms with Crippen LogP contribution in [0.4, 0.5) is 11.4 Å². The van der Waals surface area contributed by atoms with E-state index < -0.39 is 17.1 Å². The van der Waals surface area contributed by atoms with E-state index in [1.165, 1.54) is 18.9 Å². The minimum Gasteiger partial charge on any atom is -0.497 e. The number of carbonyl (C=O) groups is 3. The molecule has 9 nitrogen and oxygen atoms in total. The molecule has 0 saturated carbocycles. The number of rotatable bonds is 15. The molecule has 0 aliphatic carbocycles. The van der Waals surface area contributed by atoms with Gasteiger partial charge in [0.1, 0.15) is 34.8 Å². The Labute approximate surface area is 324 Å². The second-order valence-electron chi connectivity index (χ2n) is 12.2. The Morgan fingerprint density at radius 2 is 1.35 bits per heavy atom. The predicted octanol–water partition coefficient (Wildman–Crippen LogP) is 9.16. The molecule has 276 valence electrons. The molecular weight excluding hydrogens is 711 g/mol. The van der Waals surface area contributed by atoms with Crippen molar-refractivity contribution >= 4 is 46.9 Å². The number of benzene rings is 6. The maximum absolute atomic E-state index is 13.9. The van der Waals surface area contributed by atoms with Gasteiger partial charge in [-0.1, -0.05) is 97.1 Å². The third-order valence-corrected chi connectivity index (χ3v) is 9.57. The van der Waals surface area contributed by atoms with Gasteiger partial charge in [-0.25, -0.2) is 0 Å². The van der Waals surface area contributed by atoms with Gasteiger partial charge >= 0.3 is 0 Å². The summed E-state index contributed by atoms with van der Waals surface area (Å²) in [6.07, 6.45) is 1.61. The molecule has 0 bridgehead atoms. The lowest BCUT2D eigenvalue weighted by Gasteiger charge is -2.19. The van der Waals surface area contributed by atoms with E-state index in [-0.39, 0.29) is 11.6 Å². The molecule has 6 aromatic rings.